The molecule has 2 aromatic rings. The Morgan fingerprint density at radius 1 is 1.24 bits per heavy atom. The first-order chi connectivity index (χ1) is 8.13. The SMILES string of the molecule is NNC(c1cc(Cl)ccc1Br)c1sccc1Br. The quantitative estimate of drug-likeness (QED) is 0.593. The summed E-state index contributed by atoms with van der Waals surface area (Å²) in [5.41, 5.74) is 3.84. The van der Waals surface area contributed by atoms with Crippen molar-refractivity contribution in [1.29, 1.82) is 0 Å². The third-order valence-electron chi connectivity index (χ3n) is 2.34. The lowest BCUT2D eigenvalue weighted by molar-refractivity contribution is 0.642. The zero-order chi connectivity index (χ0) is 12.4. The van der Waals surface area contributed by atoms with Gasteiger partial charge in [0.15, 0.2) is 0 Å². The topological polar surface area (TPSA) is 38.0 Å². The van der Waals surface area contributed by atoms with E-state index in [1.54, 1.807) is 11.3 Å². The van der Waals surface area contributed by atoms with Crippen molar-refractivity contribution < 1.29 is 0 Å². The average Bonchev–Trinajstić information content (AvgIpc) is 2.71. The van der Waals surface area contributed by atoms with Crippen LogP contribution >= 0.6 is 54.8 Å². The van der Waals surface area contributed by atoms with E-state index in [0.717, 1.165) is 19.4 Å². The van der Waals surface area contributed by atoms with Gasteiger partial charge in [-0.1, -0.05) is 27.5 Å². The van der Waals surface area contributed by atoms with Gasteiger partial charge in [0, 0.05) is 18.8 Å². The number of thiophene rings is 1. The fourth-order valence-corrected chi connectivity index (χ4v) is 3.89. The van der Waals surface area contributed by atoms with Gasteiger partial charge in [0.2, 0.25) is 0 Å². The van der Waals surface area contributed by atoms with E-state index >= 15 is 0 Å². The van der Waals surface area contributed by atoms with Crippen molar-refractivity contribution >= 4 is 54.8 Å². The number of rotatable bonds is 3. The molecule has 1 heterocycles. The lowest BCUT2D eigenvalue weighted by Crippen LogP contribution is -2.28. The number of halogens is 3. The third-order valence-corrected chi connectivity index (χ3v) is 5.24. The largest absolute Gasteiger partial charge is 0.271 e. The highest BCUT2D eigenvalue weighted by Crippen LogP contribution is 2.36. The van der Waals surface area contributed by atoms with Crippen LogP contribution in [0.3, 0.4) is 0 Å². The summed E-state index contributed by atoms with van der Waals surface area (Å²) < 4.78 is 2.02. The second kappa shape index (κ2) is 5.82. The lowest BCUT2D eigenvalue weighted by atomic mass is 10.1. The monoisotopic (exact) mass is 394 g/mol. The molecule has 0 aliphatic heterocycles. The van der Waals surface area contributed by atoms with Crippen LogP contribution in [0, 0.1) is 0 Å². The van der Waals surface area contributed by atoms with Crippen molar-refractivity contribution in [3.8, 4) is 0 Å². The van der Waals surface area contributed by atoms with Crippen LogP contribution in [0.2, 0.25) is 5.02 Å². The standard InChI is InChI=1S/C11H9Br2ClN2S/c12-8-2-1-6(14)5-7(8)10(16-15)11-9(13)3-4-17-11/h1-5,10,16H,15H2. The van der Waals surface area contributed by atoms with Crippen molar-refractivity contribution in [3.05, 3.63) is 54.1 Å². The molecule has 0 aliphatic carbocycles. The maximum Gasteiger partial charge on any atom is 0.0825 e. The lowest BCUT2D eigenvalue weighted by Gasteiger charge is -2.17. The van der Waals surface area contributed by atoms with Crippen LogP contribution in [-0.4, -0.2) is 0 Å². The molecule has 1 aromatic heterocycles. The second-order valence-electron chi connectivity index (χ2n) is 3.40. The zero-order valence-electron chi connectivity index (χ0n) is 8.58. The molecule has 0 saturated heterocycles. The fraction of sp³-hybridized carbons (Fsp3) is 0.0909. The molecule has 2 nitrogen and oxygen atoms in total. The Kier molecular flexibility index (Phi) is 4.63. The third kappa shape index (κ3) is 2.92. The number of nitrogens with two attached hydrogens (primary N) is 1. The molecule has 0 bridgehead atoms. The van der Waals surface area contributed by atoms with Crippen molar-refractivity contribution in [2.45, 2.75) is 6.04 Å². The molecular weight excluding hydrogens is 387 g/mol. The van der Waals surface area contributed by atoms with Gasteiger partial charge in [-0.3, -0.25) is 5.84 Å². The molecule has 0 saturated carbocycles. The molecule has 6 heteroatoms. The summed E-state index contributed by atoms with van der Waals surface area (Å²) in [6, 6.07) is 7.58. The van der Waals surface area contributed by atoms with E-state index in [1.807, 2.05) is 29.6 Å². The van der Waals surface area contributed by atoms with Crippen LogP contribution < -0.4 is 11.3 Å². The van der Waals surface area contributed by atoms with E-state index in [4.69, 9.17) is 17.4 Å². The summed E-state index contributed by atoms with van der Waals surface area (Å²) in [5, 5.41) is 2.71. The van der Waals surface area contributed by atoms with Crippen molar-refractivity contribution in [2.75, 3.05) is 0 Å². The number of hydrogen-bond acceptors (Lipinski definition) is 3. The smallest absolute Gasteiger partial charge is 0.0825 e. The Morgan fingerprint density at radius 3 is 2.59 bits per heavy atom. The Hall–Kier alpha value is 0.0900. The minimum Gasteiger partial charge on any atom is -0.271 e. The Morgan fingerprint density at radius 2 is 2.00 bits per heavy atom. The van der Waals surface area contributed by atoms with E-state index in [9.17, 15) is 0 Å². The molecule has 1 aromatic carbocycles. The predicted octanol–water partition coefficient (Wildman–Crippen LogP) is 4.48. The first kappa shape index (κ1) is 13.5. The summed E-state index contributed by atoms with van der Waals surface area (Å²) >= 11 is 14.7. The van der Waals surface area contributed by atoms with E-state index in [0.29, 0.717) is 5.02 Å². The molecule has 0 fully saturated rings. The molecule has 2 rings (SSSR count). The van der Waals surface area contributed by atoms with E-state index in [1.165, 1.54) is 0 Å². The van der Waals surface area contributed by atoms with Crippen LogP contribution in [0.15, 0.2) is 38.6 Å². The summed E-state index contributed by atoms with van der Waals surface area (Å²) in [5.74, 6) is 5.66. The molecule has 0 radical (unpaired) electrons. The van der Waals surface area contributed by atoms with Crippen LogP contribution in [0.4, 0.5) is 0 Å². The second-order valence-corrected chi connectivity index (χ2v) is 6.49. The minimum absolute atomic E-state index is 0.0857. The molecule has 0 amide bonds. The van der Waals surface area contributed by atoms with Crippen LogP contribution in [0.5, 0.6) is 0 Å². The van der Waals surface area contributed by atoms with Gasteiger partial charge in [0.25, 0.3) is 0 Å². The normalized spacial score (nSPS) is 12.7. The van der Waals surface area contributed by atoms with Gasteiger partial charge in [0.05, 0.1) is 6.04 Å². The van der Waals surface area contributed by atoms with Crippen molar-refractivity contribution in [1.82, 2.24) is 5.43 Å². The summed E-state index contributed by atoms with van der Waals surface area (Å²) in [4.78, 5) is 1.12. The highest BCUT2D eigenvalue weighted by Gasteiger charge is 2.19. The molecule has 17 heavy (non-hydrogen) atoms. The minimum atomic E-state index is -0.0857. The van der Waals surface area contributed by atoms with Gasteiger partial charge in [-0.15, -0.1) is 11.3 Å². The fourth-order valence-electron chi connectivity index (χ4n) is 1.55. The molecule has 90 valence electrons. The Labute approximate surface area is 125 Å². The highest BCUT2D eigenvalue weighted by molar-refractivity contribution is 9.10. The van der Waals surface area contributed by atoms with Gasteiger partial charge >= 0.3 is 0 Å². The number of benzene rings is 1. The number of nitrogens with one attached hydrogen (secondary N) is 1. The van der Waals surface area contributed by atoms with Crippen LogP contribution in [0.1, 0.15) is 16.5 Å². The zero-order valence-corrected chi connectivity index (χ0v) is 13.3. The Balaban J connectivity index is 2.49. The molecule has 1 atom stereocenters. The predicted molar refractivity (Wildman–Crippen MR) is 80.3 cm³/mol. The number of hydrogen-bond donors (Lipinski definition) is 2. The molecular formula is C11H9Br2ClN2S. The summed E-state index contributed by atoms with van der Waals surface area (Å²) in [7, 11) is 0. The van der Waals surface area contributed by atoms with Gasteiger partial charge in [-0.2, -0.15) is 0 Å². The maximum atomic E-state index is 6.02. The van der Waals surface area contributed by atoms with E-state index < -0.39 is 0 Å². The molecule has 3 N–H and O–H groups in total. The maximum absolute atomic E-state index is 6.02. The van der Waals surface area contributed by atoms with Crippen LogP contribution in [-0.2, 0) is 0 Å². The molecule has 0 spiro atoms. The van der Waals surface area contributed by atoms with Gasteiger partial charge in [-0.25, -0.2) is 5.43 Å². The van der Waals surface area contributed by atoms with E-state index in [-0.39, 0.29) is 6.04 Å². The van der Waals surface area contributed by atoms with Crippen molar-refractivity contribution in [2.24, 2.45) is 5.84 Å². The van der Waals surface area contributed by atoms with E-state index in [2.05, 4.69) is 37.3 Å². The van der Waals surface area contributed by atoms with Gasteiger partial charge in [0.1, 0.15) is 0 Å². The molecule has 0 aliphatic rings. The Bertz CT molecular complexity index is 530. The average molecular weight is 397 g/mol. The first-order valence-electron chi connectivity index (χ1n) is 4.77. The summed E-state index contributed by atoms with van der Waals surface area (Å²) in [6.07, 6.45) is 0. The van der Waals surface area contributed by atoms with Gasteiger partial charge in [-0.05, 0) is 51.1 Å². The van der Waals surface area contributed by atoms with Crippen LogP contribution in [0.25, 0.3) is 0 Å². The summed E-state index contributed by atoms with van der Waals surface area (Å²) in [6.45, 7) is 0. The number of hydrazine groups is 1. The molecule has 1 unspecified atom stereocenters. The van der Waals surface area contributed by atoms with Crippen molar-refractivity contribution in [3.63, 3.8) is 0 Å². The first-order valence-corrected chi connectivity index (χ1v) is 7.62. The van der Waals surface area contributed by atoms with Gasteiger partial charge < -0.3 is 0 Å². The highest BCUT2D eigenvalue weighted by atomic mass is 79.9.